The lowest BCUT2D eigenvalue weighted by Gasteiger charge is -2.19. The molecule has 2 aliphatic rings. The fourth-order valence-corrected chi connectivity index (χ4v) is 4.27. The van der Waals surface area contributed by atoms with E-state index in [0.717, 1.165) is 25.7 Å². The Hall–Kier alpha value is -3.35. The molecule has 4 rings (SSSR count). The van der Waals surface area contributed by atoms with Gasteiger partial charge in [-0.15, -0.1) is 0 Å². The normalized spacial score (nSPS) is 20.7. The Morgan fingerprint density at radius 3 is 2.13 bits per heavy atom. The fraction of sp³-hybridized carbons (Fsp3) is 0.348. The number of carbonyl (C=O) groups is 3. The Balaban J connectivity index is 1.51. The number of fused-ring (bicyclic) bond motifs is 1. The number of carbonyl (C=O) groups excluding carboxylic acids is 3. The van der Waals surface area contributed by atoms with Crippen LogP contribution in [-0.2, 0) is 9.59 Å². The van der Waals surface area contributed by atoms with E-state index in [1.165, 1.54) is 12.0 Å². The fourth-order valence-electron chi connectivity index (χ4n) is 4.27. The topological polar surface area (TPSA) is 84.9 Å². The molecule has 1 saturated carbocycles. The first-order valence-corrected chi connectivity index (χ1v) is 10.0. The average molecular weight is 408 g/mol. The van der Waals surface area contributed by atoms with Crippen LogP contribution in [0.1, 0.15) is 36.0 Å². The summed E-state index contributed by atoms with van der Waals surface area (Å²) in [5.74, 6) is 0.144. The number of methoxy groups -OCH3 is 2. The highest BCUT2D eigenvalue weighted by atomic mass is 16.5. The zero-order valence-electron chi connectivity index (χ0n) is 17.0. The van der Waals surface area contributed by atoms with Gasteiger partial charge >= 0.3 is 0 Å². The minimum absolute atomic E-state index is 0.120. The monoisotopic (exact) mass is 408 g/mol. The van der Waals surface area contributed by atoms with Gasteiger partial charge < -0.3 is 14.8 Å². The van der Waals surface area contributed by atoms with Gasteiger partial charge in [-0.2, -0.15) is 0 Å². The number of nitrogens with one attached hydrogen (secondary N) is 1. The van der Waals surface area contributed by atoms with Crippen LogP contribution in [0.3, 0.4) is 0 Å². The smallest absolute Gasteiger partial charge is 0.255 e. The first kappa shape index (κ1) is 19.9. The number of hydrogen-bond donors (Lipinski definition) is 1. The number of nitrogens with zero attached hydrogens (tertiary/aromatic N) is 1. The molecule has 1 aliphatic heterocycles. The van der Waals surface area contributed by atoms with Crippen molar-refractivity contribution in [3.63, 3.8) is 0 Å². The summed E-state index contributed by atoms with van der Waals surface area (Å²) in [5.41, 5.74) is 1.44. The third kappa shape index (κ3) is 3.51. The summed E-state index contributed by atoms with van der Waals surface area (Å²) in [6.07, 6.45) is 3.52. The first-order chi connectivity index (χ1) is 14.5. The van der Waals surface area contributed by atoms with E-state index in [9.17, 15) is 14.4 Å². The second-order valence-electron chi connectivity index (χ2n) is 7.58. The van der Waals surface area contributed by atoms with Crippen LogP contribution in [-0.4, -0.2) is 31.9 Å². The quantitative estimate of drug-likeness (QED) is 0.764. The van der Waals surface area contributed by atoms with Gasteiger partial charge in [0.25, 0.3) is 5.91 Å². The molecule has 7 heteroatoms. The van der Waals surface area contributed by atoms with Gasteiger partial charge in [0.05, 0.1) is 37.4 Å². The molecule has 2 aromatic carbocycles. The predicted molar refractivity (Wildman–Crippen MR) is 112 cm³/mol. The Bertz CT molecular complexity index is 962. The van der Waals surface area contributed by atoms with Gasteiger partial charge in [-0.1, -0.05) is 12.8 Å². The molecule has 0 aromatic heterocycles. The van der Waals surface area contributed by atoms with Gasteiger partial charge in [-0.25, -0.2) is 0 Å². The van der Waals surface area contributed by atoms with Gasteiger partial charge in [-0.3, -0.25) is 19.3 Å². The van der Waals surface area contributed by atoms with Crippen LogP contribution in [0.15, 0.2) is 42.5 Å². The van der Waals surface area contributed by atoms with Crippen LogP contribution in [0.25, 0.3) is 0 Å². The third-order valence-electron chi connectivity index (χ3n) is 5.89. The summed E-state index contributed by atoms with van der Waals surface area (Å²) < 4.78 is 10.5. The molecule has 1 aliphatic carbocycles. The maximum Gasteiger partial charge on any atom is 0.255 e. The Morgan fingerprint density at radius 1 is 0.933 bits per heavy atom. The highest BCUT2D eigenvalue weighted by Gasteiger charge is 2.48. The summed E-state index contributed by atoms with van der Waals surface area (Å²) in [6, 6.07) is 11.6. The molecule has 2 atom stereocenters. The minimum Gasteiger partial charge on any atom is -0.497 e. The van der Waals surface area contributed by atoms with E-state index in [2.05, 4.69) is 5.32 Å². The van der Waals surface area contributed by atoms with Gasteiger partial charge in [0, 0.05) is 11.6 Å². The lowest BCUT2D eigenvalue weighted by molar-refractivity contribution is -0.122. The molecular formula is C23H24N2O5. The van der Waals surface area contributed by atoms with Crippen LogP contribution >= 0.6 is 0 Å². The van der Waals surface area contributed by atoms with E-state index >= 15 is 0 Å². The summed E-state index contributed by atoms with van der Waals surface area (Å²) in [7, 11) is 3.07. The number of imide groups is 1. The summed E-state index contributed by atoms with van der Waals surface area (Å²) in [6.45, 7) is 0. The second-order valence-corrected chi connectivity index (χ2v) is 7.58. The molecule has 7 nitrogen and oxygen atoms in total. The Kier molecular flexibility index (Phi) is 5.44. The Labute approximate surface area is 175 Å². The van der Waals surface area contributed by atoms with E-state index in [-0.39, 0.29) is 29.6 Å². The average Bonchev–Trinajstić information content (AvgIpc) is 3.04. The van der Waals surface area contributed by atoms with Crippen LogP contribution in [0, 0.1) is 11.8 Å². The van der Waals surface area contributed by atoms with Crippen molar-refractivity contribution in [2.75, 3.05) is 24.4 Å². The van der Waals surface area contributed by atoms with Crippen molar-refractivity contribution >= 4 is 29.1 Å². The van der Waals surface area contributed by atoms with Crippen LogP contribution in [0.5, 0.6) is 11.5 Å². The van der Waals surface area contributed by atoms with Crippen molar-refractivity contribution in [1.29, 1.82) is 0 Å². The highest BCUT2D eigenvalue weighted by molar-refractivity contribution is 6.22. The second kappa shape index (κ2) is 8.18. The number of anilines is 2. The molecule has 0 unspecified atom stereocenters. The lowest BCUT2D eigenvalue weighted by Crippen LogP contribution is -2.30. The van der Waals surface area contributed by atoms with Crippen molar-refractivity contribution in [2.45, 2.75) is 25.7 Å². The van der Waals surface area contributed by atoms with Gasteiger partial charge in [0.15, 0.2) is 0 Å². The van der Waals surface area contributed by atoms with Crippen LogP contribution < -0.4 is 19.7 Å². The van der Waals surface area contributed by atoms with E-state index < -0.39 is 0 Å². The van der Waals surface area contributed by atoms with Crippen molar-refractivity contribution in [2.24, 2.45) is 11.8 Å². The maximum absolute atomic E-state index is 12.7. The lowest BCUT2D eigenvalue weighted by atomic mass is 9.81. The standard InChI is InChI=1S/C23H24N2O5/c1-29-16-11-12-19(20(13-16)30-2)24-21(26)14-7-9-15(10-8-14)25-22(27)17-5-3-4-6-18(17)23(25)28/h7-13,17-18H,3-6H2,1-2H3,(H,24,26)/t17-,18-/m0/s1. The number of benzene rings is 2. The van der Waals surface area contributed by atoms with Gasteiger partial charge in [0.2, 0.25) is 11.8 Å². The summed E-state index contributed by atoms with van der Waals surface area (Å²) in [5, 5.41) is 2.81. The molecule has 0 bridgehead atoms. The molecule has 156 valence electrons. The van der Waals surface area contributed by atoms with Gasteiger partial charge in [-0.05, 0) is 49.2 Å². The van der Waals surface area contributed by atoms with Crippen molar-refractivity contribution in [3.8, 4) is 11.5 Å². The molecule has 2 aromatic rings. The van der Waals surface area contributed by atoms with Gasteiger partial charge in [0.1, 0.15) is 11.5 Å². The van der Waals surface area contributed by atoms with E-state index in [4.69, 9.17) is 9.47 Å². The minimum atomic E-state index is -0.322. The molecule has 2 fully saturated rings. The highest BCUT2D eigenvalue weighted by Crippen LogP contribution is 2.40. The third-order valence-corrected chi connectivity index (χ3v) is 5.89. The summed E-state index contributed by atoms with van der Waals surface area (Å²) in [4.78, 5) is 39.4. The Morgan fingerprint density at radius 2 is 1.57 bits per heavy atom. The number of hydrogen-bond acceptors (Lipinski definition) is 5. The summed E-state index contributed by atoms with van der Waals surface area (Å²) >= 11 is 0. The predicted octanol–water partition coefficient (Wildman–Crippen LogP) is 3.64. The number of amides is 3. The molecule has 0 radical (unpaired) electrons. The maximum atomic E-state index is 12.7. The van der Waals surface area contributed by atoms with E-state index in [0.29, 0.717) is 28.4 Å². The van der Waals surface area contributed by atoms with Crippen molar-refractivity contribution in [1.82, 2.24) is 0 Å². The first-order valence-electron chi connectivity index (χ1n) is 10.0. The SMILES string of the molecule is COc1ccc(NC(=O)c2ccc(N3C(=O)[C@H]4CCCC[C@@H]4C3=O)cc2)c(OC)c1. The molecule has 1 heterocycles. The zero-order valence-corrected chi connectivity index (χ0v) is 17.0. The van der Waals surface area contributed by atoms with E-state index in [1.807, 2.05) is 0 Å². The number of rotatable bonds is 5. The van der Waals surface area contributed by atoms with E-state index in [1.54, 1.807) is 49.6 Å². The molecule has 30 heavy (non-hydrogen) atoms. The molecule has 1 N–H and O–H groups in total. The molecular weight excluding hydrogens is 384 g/mol. The van der Waals surface area contributed by atoms with Crippen molar-refractivity contribution < 1.29 is 23.9 Å². The number of ether oxygens (including phenoxy) is 2. The van der Waals surface area contributed by atoms with Crippen LogP contribution in [0.4, 0.5) is 11.4 Å². The molecule has 1 saturated heterocycles. The van der Waals surface area contributed by atoms with Crippen molar-refractivity contribution in [3.05, 3.63) is 48.0 Å². The molecule has 0 spiro atoms. The zero-order chi connectivity index (χ0) is 21.3. The van der Waals surface area contributed by atoms with Crippen LogP contribution in [0.2, 0.25) is 0 Å². The molecule has 3 amide bonds. The largest absolute Gasteiger partial charge is 0.497 e.